The quantitative estimate of drug-likeness (QED) is 0.328. The van der Waals surface area contributed by atoms with Crippen LogP contribution in [0.3, 0.4) is 0 Å². The van der Waals surface area contributed by atoms with Crippen molar-refractivity contribution in [2.45, 2.75) is 24.3 Å². The van der Waals surface area contributed by atoms with Crippen molar-refractivity contribution >= 4 is 31.7 Å². The maximum absolute atomic E-state index is 13.8. The Kier molecular flexibility index (Phi) is 5.96. The Hall–Kier alpha value is -3.81. The highest BCUT2D eigenvalue weighted by atomic mass is 32.2. The predicted octanol–water partition coefficient (Wildman–Crippen LogP) is 5.31. The molecule has 0 aliphatic carbocycles. The zero-order valence-corrected chi connectivity index (χ0v) is 20.3. The fourth-order valence-electron chi connectivity index (χ4n) is 4.46. The summed E-state index contributed by atoms with van der Waals surface area (Å²) in [6, 6.07) is 28.5. The standard InChI is InChI=1S/C28H25N3O3S/c1-3-26(30(2)35(33,34)23-18-17-20-11-7-8-12-21(20)19-23)27-29-25-16-10-9-15-24(25)28(32)31(27)22-13-5-4-6-14-22/h4-19,26H,3H2,1-2H3. The summed E-state index contributed by atoms with van der Waals surface area (Å²) in [6.45, 7) is 1.90. The van der Waals surface area contributed by atoms with Gasteiger partial charge < -0.3 is 0 Å². The van der Waals surface area contributed by atoms with Gasteiger partial charge in [-0.2, -0.15) is 4.31 Å². The number of sulfonamides is 1. The van der Waals surface area contributed by atoms with E-state index in [1.54, 1.807) is 37.4 Å². The van der Waals surface area contributed by atoms with Gasteiger partial charge in [0.15, 0.2) is 0 Å². The highest BCUT2D eigenvalue weighted by molar-refractivity contribution is 7.89. The Labute approximate surface area is 204 Å². The fraction of sp³-hybridized carbons (Fsp3) is 0.143. The van der Waals surface area contributed by atoms with Gasteiger partial charge in [-0.05, 0) is 53.6 Å². The molecule has 0 N–H and O–H groups in total. The zero-order chi connectivity index (χ0) is 24.6. The third kappa shape index (κ3) is 4.03. The second-order valence-electron chi connectivity index (χ2n) is 8.42. The molecule has 5 rings (SSSR count). The number of benzene rings is 4. The Morgan fingerprint density at radius 1 is 0.857 bits per heavy atom. The van der Waals surface area contributed by atoms with E-state index in [1.807, 2.05) is 73.7 Å². The lowest BCUT2D eigenvalue weighted by molar-refractivity contribution is 0.347. The van der Waals surface area contributed by atoms with Crippen LogP contribution in [-0.2, 0) is 10.0 Å². The van der Waals surface area contributed by atoms with Gasteiger partial charge in [-0.15, -0.1) is 0 Å². The predicted molar refractivity (Wildman–Crippen MR) is 139 cm³/mol. The van der Waals surface area contributed by atoms with Gasteiger partial charge >= 0.3 is 0 Å². The first-order valence-corrected chi connectivity index (χ1v) is 12.9. The van der Waals surface area contributed by atoms with Gasteiger partial charge in [-0.25, -0.2) is 13.4 Å². The molecule has 6 nitrogen and oxygen atoms in total. The molecule has 35 heavy (non-hydrogen) atoms. The van der Waals surface area contributed by atoms with Gasteiger partial charge in [0, 0.05) is 7.05 Å². The molecule has 0 aliphatic heterocycles. The molecular formula is C28H25N3O3S. The van der Waals surface area contributed by atoms with Crippen molar-refractivity contribution in [3.8, 4) is 5.69 Å². The lowest BCUT2D eigenvalue weighted by Crippen LogP contribution is -2.36. The van der Waals surface area contributed by atoms with Crippen LogP contribution in [0.1, 0.15) is 25.2 Å². The maximum atomic E-state index is 13.8. The average molecular weight is 484 g/mol. The molecule has 5 aromatic rings. The topological polar surface area (TPSA) is 72.3 Å². The molecule has 1 atom stereocenters. The van der Waals surface area contributed by atoms with E-state index < -0.39 is 16.1 Å². The van der Waals surface area contributed by atoms with Crippen molar-refractivity contribution in [2.75, 3.05) is 7.05 Å². The average Bonchev–Trinajstić information content (AvgIpc) is 2.89. The molecule has 0 fully saturated rings. The minimum absolute atomic E-state index is 0.201. The fourth-order valence-corrected chi connectivity index (χ4v) is 5.89. The van der Waals surface area contributed by atoms with Crippen LogP contribution in [-0.4, -0.2) is 29.3 Å². The summed E-state index contributed by atoms with van der Waals surface area (Å²) >= 11 is 0. The minimum Gasteiger partial charge on any atom is -0.268 e. The largest absolute Gasteiger partial charge is 0.268 e. The Morgan fingerprint density at radius 3 is 2.26 bits per heavy atom. The maximum Gasteiger partial charge on any atom is 0.266 e. The SMILES string of the molecule is CCC(c1nc2ccccc2c(=O)n1-c1ccccc1)N(C)S(=O)(=O)c1ccc2ccccc2c1. The summed E-state index contributed by atoms with van der Waals surface area (Å²) < 4.78 is 30.4. The number of hydrogen-bond acceptors (Lipinski definition) is 4. The van der Waals surface area contributed by atoms with E-state index in [0.29, 0.717) is 28.8 Å². The van der Waals surface area contributed by atoms with Crippen molar-refractivity contribution in [3.63, 3.8) is 0 Å². The van der Waals surface area contributed by atoms with Crippen molar-refractivity contribution in [2.24, 2.45) is 0 Å². The van der Waals surface area contributed by atoms with E-state index in [9.17, 15) is 13.2 Å². The molecule has 1 heterocycles. The highest BCUT2D eigenvalue weighted by Gasteiger charge is 2.32. The van der Waals surface area contributed by atoms with E-state index in [1.165, 1.54) is 8.87 Å². The molecule has 0 aliphatic rings. The van der Waals surface area contributed by atoms with Crippen LogP contribution < -0.4 is 5.56 Å². The van der Waals surface area contributed by atoms with Gasteiger partial charge in [-0.3, -0.25) is 9.36 Å². The van der Waals surface area contributed by atoms with E-state index in [4.69, 9.17) is 4.98 Å². The van der Waals surface area contributed by atoms with E-state index in [0.717, 1.165) is 10.8 Å². The Morgan fingerprint density at radius 2 is 1.51 bits per heavy atom. The number of hydrogen-bond donors (Lipinski definition) is 0. The van der Waals surface area contributed by atoms with Gasteiger partial charge in [0.1, 0.15) is 5.82 Å². The second-order valence-corrected chi connectivity index (χ2v) is 10.4. The molecule has 0 saturated carbocycles. The van der Waals surface area contributed by atoms with Gasteiger partial charge in [0.2, 0.25) is 10.0 Å². The molecule has 176 valence electrons. The third-order valence-electron chi connectivity index (χ3n) is 6.34. The lowest BCUT2D eigenvalue weighted by atomic mass is 10.1. The summed E-state index contributed by atoms with van der Waals surface area (Å²) in [4.78, 5) is 18.6. The molecule has 0 bridgehead atoms. The van der Waals surface area contributed by atoms with Crippen LogP contribution >= 0.6 is 0 Å². The molecule has 0 spiro atoms. The highest BCUT2D eigenvalue weighted by Crippen LogP contribution is 2.30. The van der Waals surface area contributed by atoms with Crippen LogP contribution in [0.4, 0.5) is 0 Å². The first-order valence-electron chi connectivity index (χ1n) is 11.5. The molecule has 1 aromatic heterocycles. The van der Waals surface area contributed by atoms with Gasteiger partial charge in [-0.1, -0.05) is 67.6 Å². The van der Waals surface area contributed by atoms with Crippen LogP contribution in [0.2, 0.25) is 0 Å². The van der Waals surface area contributed by atoms with Crippen molar-refractivity contribution in [3.05, 3.63) is 113 Å². The molecule has 4 aromatic carbocycles. The minimum atomic E-state index is -3.88. The summed E-state index contributed by atoms with van der Waals surface area (Å²) in [5, 5.41) is 2.30. The zero-order valence-electron chi connectivity index (χ0n) is 19.5. The third-order valence-corrected chi connectivity index (χ3v) is 8.20. The van der Waals surface area contributed by atoms with Crippen LogP contribution in [0, 0.1) is 0 Å². The van der Waals surface area contributed by atoms with E-state index in [-0.39, 0.29) is 10.5 Å². The van der Waals surface area contributed by atoms with E-state index in [2.05, 4.69) is 0 Å². The molecule has 1 unspecified atom stereocenters. The molecule has 0 saturated heterocycles. The van der Waals surface area contributed by atoms with Crippen LogP contribution in [0.25, 0.3) is 27.4 Å². The van der Waals surface area contributed by atoms with Crippen molar-refractivity contribution < 1.29 is 8.42 Å². The Balaban J connectivity index is 1.69. The number of para-hydroxylation sites is 2. The molecule has 0 amide bonds. The van der Waals surface area contributed by atoms with Crippen LogP contribution in [0.5, 0.6) is 0 Å². The number of rotatable bonds is 6. The second kappa shape index (κ2) is 9.09. The van der Waals surface area contributed by atoms with Gasteiger partial charge in [0.25, 0.3) is 5.56 Å². The Bertz CT molecular complexity index is 1700. The number of aromatic nitrogens is 2. The molecular weight excluding hydrogens is 458 g/mol. The monoisotopic (exact) mass is 483 g/mol. The summed E-state index contributed by atoms with van der Waals surface area (Å²) in [5.74, 6) is 0.384. The number of nitrogens with zero attached hydrogens (tertiary/aromatic N) is 3. The molecule has 7 heteroatoms. The van der Waals surface area contributed by atoms with Crippen molar-refractivity contribution in [1.29, 1.82) is 0 Å². The first kappa shape index (κ1) is 23.0. The summed E-state index contributed by atoms with van der Waals surface area (Å²) in [7, 11) is -2.33. The summed E-state index contributed by atoms with van der Waals surface area (Å²) in [5.41, 5.74) is 0.946. The summed E-state index contributed by atoms with van der Waals surface area (Å²) in [6.07, 6.45) is 0.431. The lowest BCUT2D eigenvalue weighted by Gasteiger charge is -2.28. The van der Waals surface area contributed by atoms with Gasteiger partial charge in [0.05, 0.1) is 27.5 Å². The smallest absolute Gasteiger partial charge is 0.266 e. The van der Waals surface area contributed by atoms with E-state index >= 15 is 0 Å². The van der Waals surface area contributed by atoms with Crippen LogP contribution in [0.15, 0.2) is 107 Å². The van der Waals surface area contributed by atoms with Crippen molar-refractivity contribution in [1.82, 2.24) is 13.9 Å². The molecule has 0 radical (unpaired) electrons. The first-order chi connectivity index (χ1) is 16.9. The number of fused-ring (bicyclic) bond motifs is 2. The normalized spacial score (nSPS) is 12.9.